The number of rotatable bonds is 2. The molecule has 12 rings (SSSR count). The Morgan fingerprint density at radius 3 is 1.74 bits per heavy atom. The standard InChI is InChI=1S/C51H34N2/c1-51(2)48-32(27-31-13-3-4-14-34(31)48)28-44-49(51)45-30-52(26-25-42(45)50(44)53-46-21-11-9-19-40(46)41-20-10-12-22-47(41)53)33-23-24-39-37-17-6-5-15-35(37)36-16-7-8-18-38(36)43(39)29-33/h3-30H,1-2H3. The first-order valence-corrected chi connectivity index (χ1v) is 18.6. The van der Waals surface area contributed by atoms with E-state index in [1.165, 1.54) is 104 Å². The van der Waals surface area contributed by atoms with E-state index in [0.717, 1.165) is 5.69 Å². The molecule has 2 heterocycles. The molecule has 1 aromatic heterocycles. The van der Waals surface area contributed by atoms with Crippen molar-refractivity contribution < 1.29 is 0 Å². The van der Waals surface area contributed by atoms with Gasteiger partial charge in [0, 0.05) is 51.0 Å². The summed E-state index contributed by atoms with van der Waals surface area (Å²) in [4.78, 5) is 0. The molecule has 1 aliphatic heterocycles. The first kappa shape index (κ1) is 29.0. The molecular formula is C51H34N2. The lowest BCUT2D eigenvalue weighted by Gasteiger charge is -2.33. The van der Waals surface area contributed by atoms with E-state index in [9.17, 15) is 0 Å². The van der Waals surface area contributed by atoms with E-state index in [2.05, 4.69) is 193 Å². The van der Waals surface area contributed by atoms with Crippen LogP contribution in [0.4, 0.5) is 0 Å². The molecule has 248 valence electrons. The number of nitrogens with zero attached hydrogens (tertiary/aromatic N) is 2. The zero-order chi connectivity index (χ0) is 35.0. The van der Waals surface area contributed by atoms with Crippen LogP contribution in [0.1, 0.15) is 25.0 Å². The molecule has 7 aromatic carbocycles. The lowest BCUT2D eigenvalue weighted by Crippen LogP contribution is -2.31. The van der Waals surface area contributed by atoms with Crippen LogP contribution >= 0.6 is 0 Å². The molecule has 2 heteroatoms. The van der Waals surface area contributed by atoms with Gasteiger partial charge in [-0.15, -0.1) is 0 Å². The highest BCUT2D eigenvalue weighted by Gasteiger charge is 2.41. The van der Waals surface area contributed by atoms with Crippen molar-refractivity contribution >= 4 is 71.8 Å². The Labute approximate surface area is 306 Å². The Bertz CT molecular complexity index is 3270. The van der Waals surface area contributed by atoms with Crippen molar-refractivity contribution in [2.45, 2.75) is 19.3 Å². The third-order valence-electron chi connectivity index (χ3n) is 12.2. The lowest BCUT2D eigenvalue weighted by atomic mass is 9.69. The van der Waals surface area contributed by atoms with Gasteiger partial charge in [0.25, 0.3) is 0 Å². The van der Waals surface area contributed by atoms with Gasteiger partial charge in [0.05, 0.1) is 16.7 Å². The predicted molar refractivity (Wildman–Crippen MR) is 224 cm³/mol. The van der Waals surface area contributed by atoms with Crippen LogP contribution < -0.4 is 10.4 Å². The summed E-state index contributed by atoms with van der Waals surface area (Å²) in [6, 6.07) is 53.7. The molecular weight excluding hydrogens is 641 g/mol. The molecule has 4 aliphatic rings. The van der Waals surface area contributed by atoms with E-state index in [1.54, 1.807) is 0 Å². The van der Waals surface area contributed by atoms with E-state index in [-0.39, 0.29) is 5.41 Å². The largest absolute Gasteiger partial charge is 0.323 e. The van der Waals surface area contributed by atoms with Crippen molar-refractivity contribution in [1.82, 2.24) is 9.13 Å². The van der Waals surface area contributed by atoms with Gasteiger partial charge in [-0.05, 0) is 102 Å². The summed E-state index contributed by atoms with van der Waals surface area (Å²) in [6.45, 7) is 4.87. The van der Waals surface area contributed by atoms with Gasteiger partial charge in [-0.1, -0.05) is 129 Å². The minimum atomic E-state index is -0.241. The second-order valence-electron chi connectivity index (χ2n) is 15.3. The fraction of sp³-hybridized carbons (Fsp3) is 0.0588. The summed E-state index contributed by atoms with van der Waals surface area (Å²) >= 11 is 0. The van der Waals surface area contributed by atoms with Gasteiger partial charge in [-0.2, -0.15) is 0 Å². The minimum absolute atomic E-state index is 0.241. The fourth-order valence-electron chi connectivity index (χ4n) is 10.1. The summed E-state index contributed by atoms with van der Waals surface area (Å²) in [6.07, 6.45) is 9.55. The number of aromatic nitrogens is 2. The molecule has 0 N–H and O–H groups in total. The number of fused-ring (bicyclic) bond motifs is 14. The van der Waals surface area contributed by atoms with Crippen molar-refractivity contribution in [2.24, 2.45) is 0 Å². The smallest absolute Gasteiger partial charge is 0.0617 e. The van der Waals surface area contributed by atoms with Crippen LogP contribution in [0.25, 0.3) is 94.4 Å². The van der Waals surface area contributed by atoms with Crippen LogP contribution in [0.5, 0.6) is 0 Å². The highest BCUT2D eigenvalue weighted by atomic mass is 15.0. The van der Waals surface area contributed by atoms with Gasteiger partial charge in [0.1, 0.15) is 0 Å². The van der Waals surface area contributed by atoms with E-state index in [1.807, 2.05) is 0 Å². The molecule has 0 fully saturated rings. The maximum Gasteiger partial charge on any atom is 0.0617 e. The van der Waals surface area contributed by atoms with Gasteiger partial charge < -0.3 is 9.13 Å². The highest BCUT2D eigenvalue weighted by Crippen LogP contribution is 2.55. The van der Waals surface area contributed by atoms with E-state index < -0.39 is 0 Å². The third-order valence-corrected chi connectivity index (χ3v) is 12.2. The molecule has 3 aliphatic carbocycles. The van der Waals surface area contributed by atoms with Gasteiger partial charge in [-0.3, -0.25) is 0 Å². The SMILES string of the molecule is CC1(C)C2=c3ccccc3=CC2=Cc2c(-n3c4ccccc4c4ccccc43)c3ccn(-c4ccc5c6ccccc6c6ccccc6c5c4)cc-3c21. The van der Waals surface area contributed by atoms with Crippen molar-refractivity contribution in [1.29, 1.82) is 0 Å². The van der Waals surface area contributed by atoms with Crippen LogP contribution in [-0.2, 0) is 5.41 Å². The molecule has 0 atom stereocenters. The van der Waals surface area contributed by atoms with E-state index in [4.69, 9.17) is 0 Å². The average molecular weight is 675 g/mol. The number of pyridine rings is 1. The molecule has 0 bridgehead atoms. The summed E-state index contributed by atoms with van der Waals surface area (Å²) in [5.41, 5.74) is 12.7. The Kier molecular flexibility index (Phi) is 5.60. The van der Waals surface area contributed by atoms with Gasteiger partial charge in [0.2, 0.25) is 0 Å². The zero-order valence-electron chi connectivity index (χ0n) is 29.6. The second kappa shape index (κ2) is 10.2. The van der Waals surface area contributed by atoms with Crippen molar-refractivity contribution in [3.05, 3.63) is 185 Å². The summed E-state index contributed by atoms with van der Waals surface area (Å²) in [5, 5.41) is 13.0. The number of allylic oxidation sites excluding steroid dienone is 1. The first-order valence-electron chi connectivity index (χ1n) is 18.6. The van der Waals surface area contributed by atoms with Crippen LogP contribution in [0.2, 0.25) is 0 Å². The highest BCUT2D eigenvalue weighted by molar-refractivity contribution is 6.25. The number of para-hydroxylation sites is 2. The van der Waals surface area contributed by atoms with Gasteiger partial charge in [0.15, 0.2) is 0 Å². The molecule has 0 amide bonds. The van der Waals surface area contributed by atoms with Crippen molar-refractivity contribution in [3.63, 3.8) is 0 Å². The summed E-state index contributed by atoms with van der Waals surface area (Å²) in [5.74, 6) is 0. The van der Waals surface area contributed by atoms with Gasteiger partial charge >= 0.3 is 0 Å². The normalized spacial score (nSPS) is 14.6. The van der Waals surface area contributed by atoms with Crippen molar-refractivity contribution in [2.75, 3.05) is 0 Å². The molecule has 0 spiro atoms. The topological polar surface area (TPSA) is 9.86 Å². The molecule has 2 nitrogen and oxygen atoms in total. The zero-order valence-corrected chi connectivity index (χ0v) is 29.6. The van der Waals surface area contributed by atoms with Crippen LogP contribution in [0, 0.1) is 0 Å². The van der Waals surface area contributed by atoms with E-state index in [0.29, 0.717) is 0 Å². The Morgan fingerprint density at radius 1 is 0.491 bits per heavy atom. The lowest BCUT2D eigenvalue weighted by molar-refractivity contribution is 0.689. The quantitative estimate of drug-likeness (QED) is 0.162. The maximum absolute atomic E-state index is 2.53. The first-order chi connectivity index (χ1) is 26.1. The van der Waals surface area contributed by atoms with Crippen LogP contribution in [0.15, 0.2) is 164 Å². The third kappa shape index (κ3) is 3.77. The minimum Gasteiger partial charge on any atom is -0.323 e. The van der Waals surface area contributed by atoms with E-state index >= 15 is 0 Å². The molecule has 53 heavy (non-hydrogen) atoms. The predicted octanol–water partition coefficient (Wildman–Crippen LogP) is 11.5. The Morgan fingerprint density at radius 2 is 1.06 bits per heavy atom. The molecule has 0 saturated carbocycles. The summed E-state index contributed by atoms with van der Waals surface area (Å²) < 4.78 is 4.88. The van der Waals surface area contributed by atoms with Gasteiger partial charge in [-0.25, -0.2) is 0 Å². The van der Waals surface area contributed by atoms with Crippen LogP contribution in [0.3, 0.4) is 0 Å². The summed E-state index contributed by atoms with van der Waals surface area (Å²) in [7, 11) is 0. The molecule has 8 aromatic rings. The molecule has 0 radical (unpaired) electrons. The number of hydrogen-bond acceptors (Lipinski definition) is 0. The second-order valence-corrected chi connectivity index (χ2v) is 15.3. The maximum atomic E-state index is 2.53. The fourth-order valence-corrected chi connectivity index (χ4v) is 10.1. The monoisotopic (exact) mass is 674 g/mol. The average Bonchev–Trinajstić information content (AvgIpc) is 3.85. The number of hydrogen-bond donors (Lipinski definition) is 0. The molecule has 0 saturated heterocycles. The Balaban J connectivity index is 1.19. The number of benzene rings is 7. The van der Waals surface area contributed by atoms with Crippen LogP contribution in [-0.4, -0.2) is 9.13 Å². The van der Waals surface area contributed by atoms with Crippen molar-refractivity contribution in [3.8, 4) is 22.5 Å². The molecule has 0 unspecified atom stereocenters. The Hall–Kier alpha value is -6.64.